The Bertz CT molecular complexity index is 205. The van der Waals surface area contributed by atoms with Gasteiger partial charge in [-0.2, -0.15) is 11.8 Å². The Hall–Kier alpha value is -0.510. The van der Waals surface area contributed by atoms with E-state index in [1.54, 1.807) is 18.8 Å². The Morgan fingerprint density at radius 3 is 2.67 bits per heavy atom. The maximum Gasteiger partial charge on any atom is 0.233 e. The molecule has 2 amide bonds. The average Bonchev–Trinajstić information content (AvgIpc) is 2.30. The molecule has 3 nitrogen and oxygen atoms in total. The molecule has 0 aromatic heterocycles. The fourth-order valence-corrected chi connectivity index (χ4v) is 2.00. The lowest BCUT2D eigenvalue weighted by Gasteiger charge is -2.06. The summed E-state index contributed by atoms with van der Waals surface area (Å²) in [7, 11) is 1.56. The smallest absolute Gasteiger partial charge is 0.233 e. The van der Waals surface area contributed by atoms with E-state index in [-0.39, 0.29) is 17.7 Å². The standard InChI is InChI=1S/C8H13NO2S/c1-3-12-5-6-4-7(10)9(2)8(6)11/h6H,3-5H2,1-2H3. The number of nitrogens with zero attached hydrogens (tertiary/aromatic N) is 1. The highest BCUT2D eigenvalue weighted by atomic mass is 32.2. The molecule has 0 saturated carbocycles. The van der Waals surface area contributed by atoms with Crippen LogP contribution < -0.4 is 0 Å². The topological polar surface area (TPSA) is 37.4 Å². The van der Waals surface area contributed by atoms with E-state index < -0.39 is 0 Å². The Labute approximate surface area is 76.5 Å². The van der Waals surface area contributed by atoms with Gasteiger partial charge >= 0.3 is 0 Å². The number of imide groups is 1. The molecule has 1 rings (SSSR count). The molecule has 68 valence electrons. The van der Waals surface area contributed by atoms with Crippen LogP contribution in [0.1, 0.15) is 13.3 Å². The van der Waals surface area contributed by atoms with Crippen LogP contribution in [-0.4, -0.2) is 35.3 Å². The minimum atomic E-state index is -0.0625. The molecule has 1 saturated heterocycles. The molecule has 1 aliphatic heterocycles. The number of rotatable bonds is 3. The van der Waals surface area contributed by atoms with E-state index >= 15 is 0 Å². The molecule has 1 fully saturated rings. The molecule has 0 bridgehead atoms. The Kier molecular flexibility index (Phi) is 3.14. The average molecular weight is 187 g/mol. The van der Waals surface area contributed by atoms with Crippen LogP contribution in [0.15, 0.2) is 0 Å². The molecule has 0 radical (unpaired) electrons. The van der Waals surface area contributed by atoms with Gasteiger partial charge in [0.15, 0.2) is 0 Å². The third-order valence-corrected chi connectivity index (χ3v) is 3.04. The molecule has 1 aliphatic rings. The van der Waals surface area contributed by atoms with Crippen molar-refractivity contribution < 1.29 is 9.59 Å². The van der Waals surface area contributed by atoms with Crippen molar-refractivity contribution in [2.75, 3.05) is 18.6 Å². The number of likely N-dealkylation sites (tertiary alicyclic amines) is 1. The number of carbonyl (C=O) groups excluding carboxylic acids is 2. The van der Waals surface area contributed by atoms with Crippen LogP contribution in [0, 0.1) is 5.92 Å². The van der Waals surface area contributed by atoms with Crippen molar-refractivity contribution in [2.24, 2.45) is 5.92 Å². The fourth-order valence-electron chi connectivity index (χ4n) is 1.22. The lowest BCUT2D eigenvalue weighted by atomic mass is 10.1. The van der Waals surface area contributed by atoms with Crippen molar-refractivity contribution in [1.29, 1.82) is 0 Å². The van der Waals surface area contributed by atoms with Gasteiger partial charge in [0.1, 0.15) is 0 Å². The molecule has 4 heteroatoms. The highest BCUT2D eigenvalue weighted by Crippen LogP contribution is 2.21. The zero-order valence-corrected chi connectivity index (χ0v) is 8.19. The number of thioether (sulfide) groups is 1. The van der Waals surface area contributed by atoms with E-state index in [1.807, 2.05) is 0 Å². The summed E-state index contributed by atoms with van der Waals surface area (Å²) in [6.07, 6.45) is 0.405. The summed E-state index contributed by atoms with van der Waals surface area (Å²) in [6, 6.07) is 0. The van der Waals surface area contributed by atoms with Crippen molar-refractivity contribution in [2.45, 2.75) is 13.3 Å². The van der Waals surface area contributed by atoms with Gasteiger partial charge < -0.3 is 0 Å². The molecule has 1 unspecified atom stereocenters. The van der Waals surface area contributed by atoms with Gasteiger partial charge in [0.05, 0.1) is 5.92 Å². The van der Waals surface area contributed by atoms with Gasteiger partial charge in [0, 0.05) is 19.2 Å². The van der Waals surface area contributed by atoms with Gasteiger partial charge in [-0.05, 0) is 5.75 Å². The van der Waals surface area contributed by atoms with Crippen LogP contribution >= 0.6 is 11.8 Å². The van der Waals surface area contributed by atoms with Crippen molar-refractivity contribution in [3.8, 4) is 0 Å². The predicted octanol–water partition coefficient (Wildman–Crippen LogP) is 0.744. The zero-order valence-electron chi connectivity index (χ0n) is 7.37. The fraction of sp³-hybridized carbons (Fsp3) is 0.750. The number of carbonyl (C=O) groups is 2. The van der Waals surface area contributed by atoms with Gasteiger partial charge in [-0.3, -0.25) is 14.5 Å². The first-order valence-corrected chi connectivity index (χ1v) is 5.20. The second-order valence-electron chi connectivity index (χ2n) is 2.85. The summed E-state index contributed by atoms with van der Waals surface area (Å²) in [5, 5.41) is 0. The second kappa shape index (κ2) is 3.94. The largest absolute Gasteiger partial charge is 0.285 e. The molecule has 0 aromatic carbocycles. The van der Waals surface area contributed by atoms with E-state index in [9.17, 15) is 9.59 Å². The maximum absolute atomic E-state index is 11.3. The van der Waals surface area contributed by atoms with Crippen molar-refractivity contribution in [1.82, 2.24) is 4.90 Å². The van der Waals surface area contributed by atoms with Gasteiger partial charge in [0.2, 0.25) is 11.8 Å². The summed E-state index contributed by atoms with van der Waals surface area (Å²) < 4.78 is 0. The lowest BCUT2D eigenvalue weighted by Crippen LogP contribution is -2.26. The third kappa shape index (κ3) is 1.80. The van der Waals surface area contributed by atoms with Crippen molar-refractivity contribution in [3.63, 3.8) is 0 Å². The number of hydrogen-bond acceptors (Lipinski definition) is 3. The molecular formula is C8H13NO2S. The minimum Gasteiger partial charge on any atom is -0.285 e. The summed E-state index contributed by atoms with van der Waals surface area (Å²) in [4.78, 5) is 23.6. The van der Waals surface area contributed by atoms with Crippen LogP contribution in [-0.2, 0) is 9.59 Å². The quantitative estimate of drug-likeness (QED) is 0.612. The first-order valence-electron chi connectivity index (χ1n) is 4.05. The van der Waals surface area contributed by atoms with Gasteiger partial charge in [0.25, 0.3) is 0 Å². The molecule has 0 aromatic rings. The van der Waals surface area contributed by atoms with Gasteiger partial charge in [-0.25, -0.2) is 0 Å². The van der Waals surface area contributed by atoms with E-state index in [1.165, 1.54) is 4.90 Å². The van der Waals surface area contributed by atoms with Crippen molar-refractivity contribution in [3.05, 3.63) is 0 Å². The van der Waals surface area contributed by atoms with Crippen LogP contribution in [0.2, 0.25) is 0 Å². The first-order chi connectivity index (χ1) is 5.66. The molecule has 12 heavy (non-hydrogen) atoms. The van der Waals surface area contributed by atoms with Crippen LogP contribution in [0.25, 0.3) is 0 Å². The van der Waals surface area contributed by atoms with Gasteiger partial charge in [-0.15, -0.1) is 0 Å². The van der Waals surface area contributed by atoms with E-state index in [0.717, 1.165) is 11.5 Å². The predicted molar refractivity (Wildman–Crippen MR) is 48.9 cm³/mol. The molecule has 1 atom stereocenters. The highest BCUT2D eigenvalue weighted by Gasteiger charge is 2.35. The second-order valence-corrected chi connectivity index (χ2v) is 4.17. The Morgan fingerprint density at radius 1 is 1.58 bits per heavy atom. The van der Waals surface area contributed by atoms with E-state index in [2.05, 4.69) is 6.92 Å². The van der Waals surface area contributed by atoms with Crippen LogP contribution in [0.3, 0.4) is 0 Å². The van der Waals surface area contributed by atoms with E-state index in [0.29, 0.717) is 6.42 Å². The van der Waals surface area contributed by atoms with Crippen LogP contribution in [0.5, 0.6) is 0 Å². The number of amides is 2. The van der Waals surface area contributed by atoms with Crippen molar-refractivity contribution >= 4 is 23.6 Å². The molecule has 0 N–H and O–H groups in total. The third-order valence-electron chi connectivity index (χ3n) is 2.00. The SMILES string of the molecule is CCSCC1CC(=O)N(C)C1=O. The first kappa shape index (κ1) is 9.58. The summed E-state index contributed by atoms with van der Waals surface area (Å²) >= 11 is 1.71. The Balaban J connectivity index is 2.47. The zero-order chi connectivity index (χ0) is 9.14. The monoisotopic (exact) mass is 187 g/mol. The summed E-state index contributed by atoms with van der Waals surface area (Å²) in [6.45, 7) is 2.05. The summed E-state index contributed by atoms with van der Waals surface area (Å²) in [5.74, 6) is 1.67. The lowest BCUT2D eigenvalue weighted by molar-refractivity contribution is -0.137. The number of hydrogen-bond donors (Lipinski definition) is 0. The van der Waals surface area contributed by atoms with Crippen LogP contribution in [0.4, 0.5) is 0 Å². The van der Waals surface area contributed by atoms with Gasteiger partial charge in [-0.1, -0.05) is 6.92 Å². The molecule has 0 aliphatic carbocycles. The summed E-state index contributed by atoms with van der Waals surface area (Å²) in [5.41, 5.74) is 0. The molecule has 0 spiro atoms. The normalized spacial score (nSPS) is 23.8. The molecular weight excluding hydrogens is 174 g/mol. The molecule has 1 heterocycles. The highest BCUT2D eigenvalue weighted by molar-refractivity contribution is 7.99. The Morgan fingerprint density at radius 2 is 2.25 bits per heavy atom. The maximum atomic E-state index is 11.3. The minimum absolute atomic E-state index is 0.0130. The van der Waals surface area contributed by atoms with E-state index in [4.69, 9.17) is 0 Å².